The molecule has 0 amide bonds. The van der Waals surface area contributed by atoms with Crippen LogP contribution in [0.4, 0.5) is 4.79 Å². The molecule has 0 saturated carbocycles. The molecule has 2 atom stereocenters. The lowest BCUT2D eigenvalue weighted by Gasteiger charge is -2.36. The molecule has 2 unspecified atom stereocenters. The number of hydrogen-bond acceptors (Lipinski definition) is 5. The maximum absolute atomic E-state index is 12.5. The smallest absolute Gasteiger partial charge is 0.465 e. The van der Waals surface area contributed by atoms with Crippen LogP contribution < -0.4 is 0 Å². The molecular formula is C16H30O5. The summed E-state index contributed by atoms with van der Waals surface area (Å²) >= 11 is 0. The third kappa shape index (κ3) is 5.56. The highest BCUT2D eigenvalue weighted by atomic mass is 16.7. The van der Waals surface area contributed by atoms with E-state index in [9.17, 15) is 9.59 Å². The van der Waals surface area contributed by atoms with Gasteiger partial charge < -0.3 is 14.2 Å². The minimum Gasteiger partial charge on any atom is -0.465 e. The number of carbonyl (C=O) groups excluding carboxylic acids is 2. The number of hydrogen-bond donors (Lipinski definition) is 0. The highest BCUT2D eigenvalue weighted by Gasteiger charge is 2.46. The number of rotatable bonds is 10. The molecular weight excluding hydrogens is 272 g/mol. The third-order valence-electron chi connectivity index (χ3n) is 3.78. The lowest BCUT2D eigenvalue weighted by molar-refractivity contribution is -0.166. The van der Waals surface area contributed by atoms with Crippen molar-refractivity contribution in [2.24, 2.45) is 5.41 Å². The average molecular weight is 302 g/mol. The van der Waals surface area contributed by atoms with E-state index in [-0.39, 0.29) is 12.6 Å². The van der Waals surface area contributed by atoms with Gasteiger partial charge in [-0.05, 0) is 33.1 Å². The van der Waals surface area contributed by atoms with E-state index >= 15 is 0 Å². The maximum atomic E-state index is 12.5. The Balaban J connectivity index is 5.27. The zero-order valence-electron chi connectivity index (χ0n) is 14.1. The molecule has 0 fully saturated rings. The zero-order valence-corrected chi connectivity index (χ0v) is 14.1. The van der Waals surface area contributed by atoms with E-state index in [4.69, 9.17) is 14.2 Å². The molecule has 0 bridgehead atoms. The van der Waals surface area contributed by atoms with Gasteiger partial charge in [0.1, 0.15) is 11.5 Å². The number of unbranched alkanes of at least 4 members (excludes halogenated alkanes) is 1. The van der Waals surface area contributed by atoms with Gasteiger partial charge >= 0.3 is 12.1 Å². The van der Waals surface area contributed by atoms with Crippen LogP contribution in [0.25, 0.3) is 0 Å². The first-order valence-electron chi connectivity index (χ1n) is 8.02. The molecule has 0 spiro atoms. The molecule has 124 valence electrons. The van der Waals surface area contributed by atoms with Gasteiger partial charge in [0.05, 0.1) is 13.2 Å². The minimum absolute atomic E-state index is 0.253. The van der Waals surface area contributed by atoms with E-state index in [1.54, 1.807) is 13.8 Å². The highest BCUT2D eigenvalue weighted by molar-refractivity contribution is 5.78. The lowest BCUT2D eigenvalue weighted by atomic mass is 9.74. The summed E-state index contributed by atoms with van der Waals surface area (Å²) in [7, 11) is 0. The Kier molecular flexibility index (Phi) is 9.84. The number of ether oxygens (including phenoxy) is 3. The van der Waals surface area contributed by atoms with Crippen molar-refractivity contribution in [2.45, 2.75) is 72.8 Å². The van der Waals surface area contributed by atoms with Gasteiger partial charge in [-0.25, -0.2) is 4.79 Å². The van der Waals surface area contributed by atoms with Crippen LogP contribution >= 0.6 is 0 Å². The van der Waals surface area contributed by atoms with Crippen molar-refractivity contribution < 1.29 is 23.8 Å². The number of esters is 1. The normalized spacial score (nSPS) is 14.9. The van der Waals surface area contributed by atoms with Crippen molar-refractivity contribution in [1.82, 2.24) is 0 Å². The van der Waals surface area contributed by atoms with Gasteiger partial charge in [0.2, 0.25) is 0 Å². The second-order valence-corrected chi connectivity index (χ2v) is 5.03. The number of carbonyl (C=O) groups is 2. The second-order valence-electron chi connectivity index (χ2n) is 5.03. The van der Waals surface area contributed by atoms with Crippen LogP contribution in [0.15, 0.2) is 0 Å². The molecule has 0 N–H and O–H groups in total. The fourth-order valence-electron chi connectivity index (χ4n) is 2.57. The second kappa shape index (κ2) is 10.5. The van der Waals surface area contributed by atoms with Gasteiger partial charge in [0, 0.05) is 0 Å². The standard InChI is InChI=1S/C16H30O5/c1-6-11-12-16(8-3,14(17)19-9-4)13(7-2)21-15(18)20-10-5/h13H,6-12H2,1-5H3. The van der Waals surface area contributed by atoms with Gasteiger partial charge in [-0.3, -0.25) is 4.79 Å². The summed E-state index contributed by atoms with van der Waals surface area (Å²) in [6, 6.07) is 0. The van der Waals surface area contributed by atoms with Crippen molar-refractivity contribution in [3.05, 3.63) is 0 Å². The van der Waals surface area contributed by atoms with Gasteiger partial charge in [-0.2, -0.15) is 0 Å². The summed E-state index contributed by atoms with van der Waals surface area (Å²) in [6.07, 6.45) is 2.39. The summed E-state index contributed by atoms with van der Waals surface area (Å²) < 4.78 is 15.5. The fourth-order valence-corrected chi connectivity index (χ4v) is 2.57. The van der Waals surface area contributed by atoms with E-state index < -0.39 is 17.7 Å². The Morgan fingerprint density at radius 2 is 1.62 bits per heavy atom. The monoisotopic (exact) mass is 302 g/mol. The fraction of sp³-hybridized carbons (Fsp3) is 0.875. The topological polar surface area (TPSA) is 61.8 Å². The van der Waals surface area contributed by atoms with Crippen LogP contribution in [0.1, 0.15) is 66.7 Å². The van der Waals surface area contributed by atoms with Crippen molar-refractivity contribution in [3.63, 3.8) is 0 Å². The van der Waals surface area contributed by atoms with Crippen LogP contribution in [0.2, 0.25) is 0 Å². The van der Waals surface area contributed by atoms with Crippen molar-refractivity contribution in [2.75, 3.05) is 13.2 Å². The molecule has 0 aromatic rings. The molecule has 0 aliphatic heterocycles. The summed E-state index contributed by atoms with van der Waals surface area (Å²) in [5.74, 6) is -0.280. The first kappa shape index (κ1) is 19.7. The molecule has 0 heterocycles. The predicted octanol–water partition coefficient (Wildman–Crippen LogP) is 4.09. The Hall–Kier alpha value is -1.26. The Bertz CT molecular complexity index is 316. The van der Waals surface area contributed by atoms with Crippen LogP contribution in [-0.4, -0.2) is 31.4 Å². The predicted molar refractivity (Wildman–Crippen MR) is 81.1 cm³/mol. The third-order valence-corrected chi connectivity index (χ3v) is 3.78. The minimum atomic E-state index is -0.784. The van der Waals surface area contributed by atoms with E-state index in [2.05, 4.69) is 6.92 Å². The summed E-state index contributed by atoms with van der Waals surface area (Å²) in [6.45, 7) is 9.98. The molecule has 0 aliphatic rings. The molecule has 0 aliphatic carbocycles. The van der Waals surface area contributed by atoms with Crippen LogP contribution in [0, 0.1) is 5.41 Å². The zero-order chi connectivity index (χ0) is 16.3. The van der Waals surface area contributed by atoms with E-state index in [1.165, 1.54) is 0 Å². The Morgan fingerprint density at radius 1 is 1.00 bits per heavy atom. The molecule has 21 heavy (non-hydrogen) atoms. The van der Waals surface area contributed by atoms with Crippen molar-refractivity contribution >= 4 is 12.1 Å². The van der Waals surface area contributed by atoms with Crippen LogP contribution in [0.5, 0.6) is 0 Å². The molecule has 5 heteroatoms. The van der Waals surface area contributed by atoms with Crippen molar-refractivity contribution in [3.8, 4) is 0 Å². The van der Waals surface area contributed by atoms with Gasteiger partial charge in [-0.1, -0.05) is 33.6 Å². The molecule has 5 nitrogen and oxygen atoms in total. The molecule has 0 radical (unpaired) electrons. The molecule has 0 rings (SSSR count). The summed E-state index contributed by atoms with van der Waals surface area (Å²) in [5, 5.41) is 0. The first-order valence-corrected chi connectivity index (χ1v) is 8.02. The first-order chi connectivity index (χ1) is 10.0. The van der Waals surface area contributed by atoms with E-state index in [0.29, 0.717) is 25.9 Å². The van der Waals surface area contributed by atoms with E-state index in [0.717, 1.165) is 12.8 Å². The van der Waals surface area contributed by atoms with Crippen LogP contribution in [0.3, 0.4) is 0 Å². The Morgan fingerprint density at radius 3 is 2.05 bits per heavy atom. The van der Waals surface area contributed by atoms with Gasteiger partial charge in [-0.15, -0.1) is 0 Å². The SMILES string of the molecule is CCCCC(CC)(C(=O)OCC)C(CC)OC(=O)OCC. The van der Waals surface area contributed by atoms with Crippen LogP contribution in [-0.2, 0) is 19.0 Å². The summed E-state index contributed by atoms with van der Waals surface area (Å²) in [5.41, 5.74) is -0.784. The van der Waals surface area contributed by atoms with Crippen molar-refractivity contribution in [1.29, 1.82) is 0 Å². The Labute approximate surface area is 128 Å². The summed E-state index contributed by atoms with van der Waals surface area (Å²) in [4.78, 5) is 24.1. The largest absolute Gasteiger partial charge is 0.508 e. The lowest BCUT2D eigenvalue weighted by Crippen LogP contribution is -2.45. The molecule has 0 aromatic heterocycles. The van der Waals surface area contributed by atoms with Gasteiger partial charge in [0.25, 0.3) is 0 Å². The highest BCUT2D eigenvalue weighted by Crippen LogP contribution is 2.38. The maximum Gasteiger partial charge on any atom is 0.508 e. The molecule has 0 aromatic carbocycles. The van der Waals surface area contributed by atoms with Gasteiger partial charge in [0.15, 0.2) is 0 Å². The average Bonchev–Trinajstić information content (AvgIpc) is 2.47. The van der Waals surface area contributed by atoms with E-state index in [1.807, 2.05) is 13.8 Å². The quantitative estimate of drug-likeness (QED) is 0.569. The molecule has 0 saturated heterocycles.